The monoisotopic (exact) mass is 406 g/mol. The second-order valence-corrected chi connectivity index (χ2v) is 7.57. The normalized spacial score (nSPS) is 20.5. The van der Waals surface area contributed by atoms with E-state index in [1.165, 1.54) is 0 Å². The van der Waals surface area contributed by atoms with Gasteiger partial charge in [0.15, 0.2) is 0 Å². The molecule has 152 valence electrons. The quantitative estimate of drug-likeness (QED) is 0.555. The third-order valence-electron chi connectivity index (χ3n) is 4.28. The van der Waals surface area contributed by atoms with Crippen molar-refractivity contribution in [1.82, 2.24) is 4.98 Å². The molecule has 0 aliphatic carbocycles. The van der Waals surface area contributed by atoms with Gasteiger partial charge >= 0.3 is 0 Å². The molecule has 0 spiro atoms. The van der Waals surface area contributed by atoms with Crippen LogP contribution in [-0.2, 0) is 10.8 Å². The van der Waals surface area contributed by atoms with Gasteiger partial charge in [-0.1, -0.05) is 53.4 Å². The molecule has 2 aromatic carbocycles. The molecular weight excluding hydrogens is 364 g/mol. The number of hydrogen-bond acceptors (Lipinski definition) is 3. The van der Waals surface area contributed by atoms with E-state index in [0.29, 0.717) is 0 Å². The van der Waals surface area contributed by atoms with Gasteiger partial charge < -0.3 is 15.4 Å². The van der Waals surface area contributed by atoms with Gasteiger partial charge in [0, 0.05) is 41.2 Å². The minimum absolute atomic E-state index is 0.0525. The predicted molar refractivity (Wildman–Crippen MR) is 118 cm³/mol. The summed E-state index contributed by atoms with van der Waals surface area (Å²) < 4.78 is 113. The number of benzene rings is 2. The Morgan fingerprint density at radius 1 is 1.10 bits per heavy atom. The van der Waals surface area contributed by atoms with Crippen molar-refractivity contribution in [2.45, 2.75) is 52.2 Å². The van der Waals surface area contributed by atoms with Gasteiger partial charge in [-0.25, -0.2) is 0 Å². The second-order valence-electron chi connectivity index (χ2n) is 7.57. The molecule has 3 N–H and O–H groups in total. The molecule has 0 bridgehead atoms. The lowest BCUT2D eigenvalue weighted by Crippen LogP contribution is -2.25. The molecule has 1 heterocycles. The van der Waals surface area contributed by atoms with Crippen LogP contribution in [0.4, 0.5) is 5.69 Å². The van der Waals surface area contributed by atoms with Crippen molar-refractivity contribution in [3.05, 3.63) is 69.4 Å². The highest BCUT2D eigenvalue weighted by atomic mass is 16.3. The number of carbonyl (C=O) groups excluding carboxylic acids is 1. The van der Waals surface area contributed by atoms with Gasteiger partial charge in [-0.05, 0) is 40.1 Å². The van der Waals surface area contributed by atoms with Crippen molar-refractivity contribution in [2.24, 2.45) is 0 Å². The summed E-state index contributed by atoms with van der Waals surface area (Å²) in [7, 11) is 0. The maximum absolute atomic E-state index is 13.5. The van der Waals surface area contributed by atoms with Gasteiger partial charge in [0.2, 0.25) is 5.43 Å². The molecule has 3 rings (SSSR count). The number of aromatic amines is 1. The Labute approximate surface area is 190 Å². The summed E-state index contributed by atoms with van der Waals surface area (Å²) in [5, 5.41) is 12.2. The van der Waals surface area contributed by atoms with Crippen LogP contribution in [-0.4, -0.2) is 16.0 Å². The van der Waals surface area contributed by atoms with Gasteiger partial charge in [-0.15, -0.1) is 0 Å². The number of rotatable bonds is 2. The number of anilines is 1. The molecule has 0 fully saturated rings. The molecule has 3 aromatic rings. The fourth-order valence-corrected chi connectivity index (χ4v) is 2.83. The molecule has 1 aromatic heterocycles. The Hall–Kier alpha value is -3.08. The van der Waals surface area contributed by atoms with E-state index in [9.17, 15) is 14.7 Å². The number of pyridine rings is 1. The van der Waals surface area contributed by atoms with E-state index in [2.05, 4.69) is 10.3 Å². The molecule has 0 atom stereocenters. The molecule has 0 aliphatic rings. The maximum atomic E-state index is 13.5. The molecule has 0 unspecified atom stereocenters. The van der Waals surface area contributed by atoms with Crippen LogP contribution in [0.2, 0.25) is 0 Å². The Bertz CT molecular complexity index is 1660. The number of nitrogens with one attached hydrogen (secondary N) is 2. The van der Waals surface area contributed by atoms with Gasteiger partial charge in [0.05, 0.1) is 6.85 Å². The molecule has 1 amide bonds. The summed E-state index contributed by atoms with van der Waals surface area (Å²) in [5.41, 5.74) is -9.14. The summed E-state index contributed by atoms with van der Waals surface area (Å²) in [6.45, 7) is -6.52. The predicted octanol–water partition coefficient (Wildman–Crippen LogP) is 5.08. The van der Waals surface area contributed by atoms with Crippen molar-refractivity contribution in [3.63, 3.8) is 0 Å². The van der Waals surface area contributed by atoms with Gasteiger partial charge in [0.1, 0.15) is 11.3 Å². The van der Waals surface area contributed by atoms with E-state index in [-0.39, 0.29) is 5.56 Å². The lowest BCUT2D eigenvalue weighted by molar-refractivity contribution is 0.102. The summed E-state index contributed by atoms with van der Waals surface area (Å²) >= 11 is 0. The Morgan fingerprint density at radius 3 is 2.45 bits per heavy atom. The number of phenolic OH excluding ortho intramolecular Hbond substituents is 1. The van der Waals surface area contributed by atoms with Crippen LogP contribution in [0, 0.1) is 0 Å². The number of carbonyl (C=O) groups is 1. The average molecular weight is 407 g/mol. The third kappa shape index (κ3) is 4.04. The summed E-state index contributed by atoms with van der Waals surface area (Å²) in [6.07, 6.45) is -0.911. The zero-order valence-corrected chi connectivity index (χ0v) is 15.9. The van der Waals surface area contributed by atoms with Crippen molar-refractivity contribution >= 4 is 22.5 Å². The summed E-state index contributed by atoms with van der Waals surface area (Å²) in [4.78, 5) is 29.2. The zero-order chi connectivity index (χ0) is 33.4. The van der Waals surface area contributed by atoms with Crippen LogP contribution >= 0.6 is 0 Å². The van der Waals surface area contributed by atoms with E-state index >= 15 is 0 Å². The topological polar surface area (TPSA) is 82.2 Å². The van der Waals surface area contributed by atoms with Gasteiger partial charge in [-0.3, -0.25) is 9.59 Å². The number of fused-ring (bicyclic) bond motifs is 1. The first-order valence-electron chi connectivity index (χ1n) is 15.5. The van der Waals surface area contributed by atoms with Crippen LogP contribution in [0.3, 0.4) is 0 Å². The lowest BCUT2D eigenvalue weighted by atomic mass is 9.79. The summed E-state index contributed by atoms with van der Waals surface area (Å²) in [6, 6.07) is -1.37. The molecule has 5 nitrogen and oxygen atoms in total. The van der Waals surface area contributed by atoms with Crippen LogP contribution in [0.5, 0.6) is 5.75 Å². The summed E-state index contributed by atoms with van der Waals surface area (Å²) in [5.74, 6) is -2.05. The first-order valence-corrected chi connectivity index (χ1v) is 8.54. The highest BCUT2D eigenvalue weighted by Gasteiger charge is 2.26. The van der Waals surface area contributed by atoms with Gasteiger partial charge in [-0.2, -0.15) is 0 Å². The molecule has 0 saturated carbocycles. The fourth-order valence-electron chi connectivity index (χ4n) is 2.83. The van der Waals surface area contributed by atoms with Crippen molar-refractivity contribution < 1.29 is 29.1 Å². The molecule has 0 radical (unpaired) electrons. The van der Waals surface area contributed by atoms with Crippen molar-refractivity contribution in [2.75, 3.05) is 5.32 Å². The van der Waals surface area contributed by atoms with E-state index in [4.69, 9.17) is 19.2 Å². The highest BCUT2D eigenvalue weighted by molar-refractivity contribution is 6.06. The fraction of sp³-hybridized carbons (Fsp3) is 0.333. The van der Waals surface area contributed by atoms with Crippen LogP contribution < -0.4 is 10.7 Å². The zero-order valence-electron chi connectivity index (χ0n) is 29.9. The largest absolute Gasteiger partial charge is 0.508 e. The van der Waals surface area contributed by atoms with Crippen molar-refractivity contribution in [3.8, 4) is 5.75 Å². The standard InChI is InChI=1S/C24H28N2O3/c1-23(2,3)16-11-17(24(4,5)6)20(27)12-19(16)26-22(29)15-13-25-18-10-8-7-9-14(18)21(15)28/h7-13,27H,1-6H3,(H,25,28)(H,26,29)/i1D3,2D3,3D3,7D,8D,9D,10D,13D. The molecular formula is C24H28N2O3. The smallest absolute Gasteiger partial charge is 0.261 e. The number of phenols is 1. The first-order chi connectivity index (χ1) is 19.2. The number of H-pyrrole nitrogens is 1. The highest BCUT2D eigenvalue weighted by Crippen LogP contribution is 2.39. The van der Waals surface area contributed by atoms with E-state index in [0.717, 1.165) is 12.1 Å². The molecule has 0 aliphatic heterocycles. The molecule has 29 heavy (non-hydrogen) atoms. The third-order valence-corrected chi connectivity index (χ3v) is 4.28. The minimum Gasteiger partial charge on any atom is -0.508 e. The molecule has 0 saturated heterocycles. The average Bonchev–Trinajstić information content (AvgIpc) is 2.79. The second kappa shape index (κ2) is 7.07. The van der Waals surface area contributed by atoms with E-state index in [1.807, 2.05) is 0 Å². The number of aromatic nitrogens is 1. The number of hydrogen-bond donors (Lipinski definition) is 3. The Kier molecular flexibility index (Phi) is 2.23. The van der Waals surface area contributed by atoms with E-state index in [1.54, 1.807) is 20.8 Å². The Balaban J connectivity index is 2.46. The Morgan fingerprint density at radius 2 is 1.79 bits per heavy atom. The number of aromatic hydroxyl groups is 1. The van der Waals surface area contributed by atoms with Crippen molar-refractivity contribution in [1.29, 1.82) is 0 Å². The van der Waals surface area contributed by atoms with E-state index < -0.39 is 107 Å². The number of amides is 1. The van der Waals surface area contributed by atoms with Crippen LogP contribution in [0.1, 0.15) is 82.0 Å². The lowest BCUT2D eigenvalue weighted by Gasteiger charge is -2.28. The maximum Gasteiger partial charge on any atom is 0.261 e. The van der Waals surface area contributed by atoms with Crippen LogP contribution in [0.25, 0.3) is 10.9 Å². The number of para-hydroxylation sites is 1. The van der Waals surface area contributed by atoms with Gasteiger partial charge in [0.25, 0.3) is 5.91 Å². The first kappa shape index (κ1) is 9.16. The molecule has 5 heteroatoms. The minimum atomic E-state index is -3.75. The SMILES string of the molecule is [2H]c1[nH]c2c([2H])c([2H])c([2H])c([2H])c2c(=O)c1C(=O)Nc1cc(O)c(C(C)(C)C)cc1C(C([2H])([2H])[2H])(C([2H])([2H])[2H])C([2H])([2H])[2H]. The van der Waals surface area contributed by atoms with Crippen LogP contribution in [0.15, 0.2) is 47.3 Å².